The van der Waals surface area contributed by atoms with E-state index in [1.54, 1.807) is 25.3 Å². The largest absolute Gasteiger partial charge is 0.494 e. The van der Waals surface area contributed by atoms with Crippen LogP contribution in [0.5, 0.6) is 5.75 Å². The summed E-state index contributed by atoms with van der Waals surface area (Å²) < 4.78 is 6.72. The molecule has 8 nitrogen and oxygen atoms in total. The molecule has 0 bridgehead atoms. The van der Waals surface area contributed by atoms with Crippen LogP contribution in [-0.2, 0) is 4.79 Å². The maximum absolute atomic E-state index is 11.9. The Labute approximate surface area is 127 Å². The smallest absolute Gasteiger partial charge is 0.244 e. The monoisotopic (exact) mass is 310 g/mol. The zero-order valence-electron chi connectivity index (χ0n) is 11.3. The molecule has 1 aromatic heterocycles. The zero-order chi connectivity index (χ0) is 14.2. The van der Waals surface area contributed by atoms with Gasteiger partial charge in [0.05, 0.1) is 12.6 Å². The van der Waals surface area contributed by atoms with Gasteiger partial charge in [0.1, 0.15) is 17.8 Å². The van der Waals surface area contributed by atoms with E-state index in [2.05, 4.69) is 20.8 Å². The van der Waals surface area contributed by atoms with Gasteiger partial charge in [-0.1, -0.05) is 0 Å². The van der Waals surface area contributed by atoms with Gasteiger partial charge in [0, 0.05) is 5.69 Å². The molecule has 0 unspecified atom stereocenters. The number of aromatic nitrogens is 4. The Hall–Kier alpha value is -2.19. The average Bonchev–Trinajstić information content (AvgIpc) is 3.00. The Morgan fingerprint density at radius 2 is 2.24 bits per heavy atom. The molecule has 1 aliphatic rings. The van der Waals surface area contributed by atoms with Gasteiger partial charge >= 0.3 is 0 Å². The van der Waals surface area contributed by atoms with E-state index in [4.69, 9.17) is 10.5 Å². The summed E-state index contributed by atoms with van der Waals surface area (Å²) in [6.45, 7) is 0. The molecule has 1 amide bonds. The fraction of sp³-hybridized carbons (Fsp3) is 0.333. The first kappa shape index (κ1) is 15.2. The number of ether oxygens (including phenoxy) is 1. The Balaban J connectivity index is 0.00000161. The maximum atomic E-state index is 11.9. The molecule has 0 atom stereocenters. The molecule has 0 radical (unpaired) electrons. The molecule has 1 aliphatic carbocycles. The number of nitrogens with zero attached hydrogens (tertiary/aromatic N) is 4. The fourth-order valence-electron chi connectivity index (χ4n) is 1.84. The number of carbonyl (C=O) groups is 1. The van der Waals surface area contributed by atoms with Crippen molar-refractivity contribution in [2.45, 2.75) is 18.4 Å². The van der Waals surface area contributed by atoms with Crippen LogP contribution in [0.25, 0.3) is 5.69 Å². The summed E-state index contributed by atoms with van der Waals surface area (Å²) in [6.07, 6.45) is 2.89. The number of amides is 1. The van der Waals surface area contributed by atoms with Crippen LogP contribution in [0.4, 0.5) is 5.69 Å². The molecule has 2 aromatic rings. The molecule has 112 valence electrons. The predicted octanol–water partition coefficient (Wildman–Crippen LogP) is 0.522. The minimum Gasteiger partial charge on any atom is -0.494 e. The molecule has 1 aromatic carbocycles. The number of nitrogens with two attached hydrogens (primary N) is 1. The second-order valence-electron chi connectivity index (χ2n) is 4.75. The van der Waals surface area contributed by atoms with E-state index < -0.39 is 5.54 Å². The van der Waals surface area contributed by atoms with Gasteiger partial charge in [-0.3, -0.25) is 4.79 Å². The maximum Gasteiger partial charge on any atom is 0.244 e. The van der Waals surface area contributed by atoms with Gasteiger partial charge in [-0.15, -0.1) is 17.5 Å². The first-order chi connectivity index (χ1) is 9.62. The lowest BCUT2D eigenvalue weighted by molar-refractivity contribution is -0.118. The van der Waals surface area contributed by atoms with Crippen LogP contribution in [0.15, 0.2) is 24.5 Å². The van der Waals surface area contributed by atoms with Crippen molar-refractivity contribution in [1.82, 2.24) is 20.2 Å². The van der Waals surface area contributed by atoms with E-state index in [0.717, 1.165) is 12.8 Å². The second-order valence-corrected chi connectivity index (χ2v) is 4.75. The number of rotatable bonds is 4. The molecule has 0 spiro atoms. The number of nitrogens with one attached hydrogen (secondary N) is 1. The van der Waals surface area contributed by atoms with Crippen molar-refractivity contribution in [2.24, 2.45) is 5.73 Å². The van der Waals surface area contributed by atoms with Gasteiger partial charge in [0.2, 0.25) is 5.91 Å². The molecule has 3 rings (SSSR count). The Morgan fingerprint density at radius 3 is 2.81 bits per heavy atom. The van der Waals surface area contributed by atoms with Crippen LogP contribution in [-0.4, -0.2) is 38.8 Å². The third-order valence-corrected chi connectivity index (χ3v) is 3.27. The lowest BCUT2D eigenvalue weighted by Crippen LogP contribution is -2.37. The number of tetrazole rings is 1. The van der Waals surface area contributed by atoms with Crippen molar-refractivity contribution in [1.29, 1.82) is 0 Å². The van der Waals surface area contributed by atoms with Crippen LogP contribution >= 0.6 is 12.4 Å². The van der Waals surface area contributed by atoms with E-state index >= 15 is 0 Å². The van der Waals surface area contributed by atoms with E-state index in [1.165, 1.54) is 11.0 Å². The van der Waals surface area contributed by atoms with Gasteiger partial charge in [-0.25, -0.2) is 0 Å². The third-order valence-electron chi connectivity index (χ3n) is 3.27. The number of hydrogen-bond donors (Lipinski definition) is 2. The number of anilines is 1. The number of halogens is 1. The van der Waals surface area contributed by atoms with Gasteiger partial charge < -0.3 is 15.8 Å². The highest BCUT2D eigenvalue weighted by Crippen LogP contribution is 2.34. The lowest BCUT2D eigenvalue weighted by atomic mass is 10.2. The van der Waals surface area contributed by atoms with E-state index in [0.29, 0.717) is 17.1 Å². The molecule has 3 N–H and O–H groups in total. The molecule has 21 heavy (non-hydrogen) atoms. The predicted molar refractivity (Wildman–Crippen MR) is 77.7 cm³/mol. The van der Waals surface area contributed by atoms with Crippen LogP contribution in [0.1, 0.15) is 12.8 Å². The third kappa shape index (κ3) is 2.96. The molecular weight excluding hydrogens is 296 g/mol. The summed E-state index contributed by atoms with van der Waals surface area (Å²) in [5, 5.41) is 13.8. The standard InChI is InChI=1S/C12H14N6O2.ClH/c1-20-10-3-2-8(15-11(19)12(13)4-5-12)6-9(10)18-7-14-16-17-18;/h2-3,6-7H,4-5,13H2,1H3,(H,15,19);1H. The average molecular weight is 311 g/mol. The first-order valence-corrected chi connectivity index (χ1v) is 6.14. The van der Waals surface area contributed by atoms with Crippen molar-refractivity contribution >= 4 is 24.0 Å². The molecular formula is C12H15ClN6O2. The minimum atomic E-state index is -0.713. The topological polar surface area (TPSA) is 108 Å². The number of benzene rings is 1. The Kier molecular flexibility index (Phi) is 4.10. The van der Waals surface area contributed by atoms with Gasteiger partial charge in [0.25, 0.3) is 0 Å². The van der Waals surface area contributed by atoms with Crippen molar-refractivity contribution in [3.8, 4) is 11.4 Å². The highest BCUT2D eigenvalue weighted by atomic mass is 35.5. The van der Waals surface area contributed by atoms with Crippen molar-refractivity contribution in [2.75, 3.05) is 12.4 Å². The van der Waals surface area contributed by atoms with Gasteiger partial charge in [-0.2, -0.15) is 4.68 Å². The summed E-state index contributed by atoms with van der Waals surface area (Å²) in [5.41, 5.74) is 6.40. The Morgan fingerprint density at radius 1 is 1.48 bits per heavy atom. The number of hydrogen-bond acceptors (Lipinski definition) is 6. The zero-order valence-corrected chi connectivity index (χ0v) is 12.1. The highest BCUT2D eigenvalue weighted by molar-refractivity contribution is 6.00. The molecule has 1 heterocycles. The van der Waals surface area contributed by atoms with Crippen molar-refractivity contribution in [3.63, 3.8) is 0 Å². The van der Waals surface area contributed by atoms with Crippen LogP contribution in [0.2, 0.25) is 0 Å². The minimum absolute atomic E-state index is 0. The summed E-state index contributed by atoms with van der Waals surface area (Å²) in [5.74, 6) is 0.425. The van der Waals surface area contributed by atoms with E-state index in [9.17, 15) is 4.79 Å². The van der Waals surface area contributed by atoms with E-state index in [1.807, 2.05) is 0 Å². The second kappa shape index (κ2) is 5.66. The van der Waals surface area contributed by atoms with E-state index in [-0.39, 0.29) is 18.3 Å². The number of methoxy groups -OCH3 is 1. The molecule has 1 saturated carbocycles. The molecule has 1 fully saturated rings. The van der Waals surface area contributed by atoms with Gasteiger partial charge in [-0.05, 0) is 41.5 Å². The molecule has 0 aliphatic heterocycles. The SMILES string of the molecule is COc1ccc(NC(=O)C2(N)CC2)cc1-n1cnnn1.Cl. The molecule has 0 saturated heterocycles. The van der Waals surface area contributed by atoms with Crippen LogP contribution in [0, 0.1) is 0 Å². The number of carbonyl (C=O) groups excluding carboxylic acids is 1. The summed E-state index contributed by atoms with van der Waals surface area (Å²) in [6, 6.07) is 5.22. The summed E-state index contributed by atoms with van der Waals surface area (Å²) in [7, 11) is 1.56. The summed E-state index contributed by atoms with van der Waals surface area (Å²) in [4.78, 5) is 11.9. The van der Waals surface area contributed by atoms with Crippen LogP contribution < -0.4 is 15.8 Å². The van der Waals surface area contributed by atoms with Crippen molar-refractivity contribution in [3.05, 3.63) is 24.5 Å². The van der Waals surface area contributed by atoms with Crippen LogP contribution in [0.3, 0.4) is 0 Å². The highest BCUT2D eigenvalue weighted by Gasteiger charge is 2.45. The quantitative estimate of drug-likeness (QED) is 0.852. The summed E-state index contributed by atoms with van der Waals surface area (Å²) >= 11 is 0. The first-order valence-electron chi connectivity index (χ1n) is 6.14. The fourth-order valence-corrected chi connectivity index (χ4v) is 1.84. The normalized spacial score (nSPS) is 15.0. The lowest BCUT2D eigenvalue weighted by Gasteiger charge is -2.13. The van der Waals surface area contributed by atoms with Gasteiger partial charge in [0.15, 0.2) is 0 Å². The van der Waals surface area contributed by atoms with Crippen molar-refractivity contribution < 1.29 is 9.53 Å². The Bertz CT molecular complexity index is 641. The molecule has 9 heteroatoms.